The highest BCUT2D eigenvalue weighted by Crippen LogP contribution is 2.31. The number of hydrogen-bond donors (Lipinski definition) is 0. The smallest absolute Gasteiger partial charge is 0.299 e. The number of likely N-dealkylation sites (tertiary alicyclic amines) is 1. The molecule has 0 aromatic heterocycles. The highest BCUT2D eigenvalue weighted by molar-refractivity contribution is 9.10. The first kappa shape index (κ1) is 14.3. The molecular formula is C15H15BrN2O3. The van der Waals surface area contributed by atoms with Crippen LogP contribution in [-0.2, 0) is 9.59 Å². The normalized spacial score (nSPS) is 18.1. The fraction of sp³-hybridized carbons (Fsp3) is 0.400. The number of benzene rings is 1. The van der Waals surface area contributed by atoms with Crippen LogP contribution in [0.2, 0.25) is 0 Å². The van der Waals surface area contributed by atoms with Crippen LogP contribution in [-0.4, -0.2) is 42.1 Å². The summed E-state index contributed by atoms with van der Waals surface area (Å²) in [7, 11) is 0. The van der Waals surface area contributed by atoms with Gasteiger partial charge in [-0.15, -0.1) is 0 Å². The maximum absolute atomic E-state index is 12.3. The number of rotatable bonds is 2. The minimum absolute atomic E-state index is 0.0615. The molecule has 2 heterocycles. The fourth-order valence-corrected chi connectivity index (χ4v) is 3.15. The maximum Gasteiger partial charge on any atom is 0.299 e. The van der Waals surface area contributed by atoms with Crippen molar-refractivity contribution in [1.29, 1.82) is 0 Å². The Morgan fingerprint density at radius 2 is 1.86 bits per heavy atom. The third-order valence-electron chi connectivity index (χ3n) is 3.94. The van der Waals surface area contributed by atoms with E-state index in [1.54, 1.807) is 23.1 Å². The zero-order valence-corrected chi connectivity index (χ0v) is 13.1. The van der Waals surface area contributed by atoms with Gasteiger partial charge in [-0.2, -0.15) is 0 Å². The molecule has 21 heavy (non-hydrogen) atoms. The van der Waals surface area contributed by atoms with E-state index in [2.05, 4.69) is 15.9 Å². The first-order chi connectivity index (χ1) is 10.1. The minimum atomic E-state index is -0.617. The summed E-state index contributed by atoms with van der Waals surface area (Å²) < 4.78 is 0.777. The molecule has 0 N–H and O–H groups in total. The Balaban J connectivity index is 1.82. The number of Topliss-reactive ketones (excluding diaryl/α,β-unsaturated/α-hetero) is 1. The van der Waals surface area contributed by atoms with Gasteiger partial charge in [0.2, 0.25) is 5.91 Å². The van der Waals surface area contributed by atoms with Crippen molar-refractivity contribution < 1.29 is 14.4 Å². The highest BCUT2D eigenvalue weighted by atomic mass is 79.9. The lowest BCUT2D eigenvalue weighted by molar-refractivity contribution is -0.131. The van der Waals surface area contributed by atoms with Crippen molar-refractivity contribution in [2.75, 3.05) is 24.5 Å². The number of piperidine rings is 1. The Kier molecular flexibility index (Phi) is 3.80. The van der Waals surface area contributed by atoms with Crippen LogP contribution < -0.4 is 4.90 Å². The van der Waals surface area contributed by atoms with Gasteiger partial charge in [-0.3, -0.25) is 19.3 Å². The molecule has 2 amide bonds. The molecule has 0 spiro atoms. The topological polar surface area (TPSA) is 57.7 Å². The van der Waals surface area contributed by atoms with Crippen LogP contribution in [0.25, 0.3) is 0 Å². The summed E-state index contributed by atoms with van der Waals surface area (Å²) in [6, 6.07) is 5.05. The second-order valence-electron chi connectivity index (χ2n) is 5.32. The molecule has 1 fully saturated rings. The summed E-state index contributed by atoms with van der Waals surface area (Å²) in [5.41, 5.74) is 0.888. The molecule has 2 aliphatic rings. The van der Waals surface area contributed by atoms with Gasteiger partial charge in [0.1, 0.15) is 6.54 Å². The summed E-state index contributed by atoms with van der Waals surface area (Å²) >= 11 is 3.33. The van der Waals surface area contributed by atoms with Gasteiger partial charge in [0.25, 0.3) is 11.7 Å². The Bertz CT molecular complexity index is 623. The predicted molar refractivity (Wildman–Crippen MR) is 81.3 cm³/mol. The lowest BCUT2D eigenvalue weighted by Crippen LogP contribution is -2.44. The SMILES string of the molecule is O=C1C(=O)N(CC(=O)N2CCCCC2)c2cc(Br)ccc21. The van der Waals surface area contributed by atoms with E-state index >= 15 is 0 Å². The molecule has 0 bridgehead atoms. The van der Waals surface area contributed by atoms with Gasteiger partial charge in [-0.1, -0.05) is 15.9 Å². The van der Waals surface area contributed by atoms with Crippen LogP contribution in [0.1, 0.15) is 29.6 Å². The zero-order chi connectivity index (χ0) is 15.0. The number of fused-ring (bicyclic) bond motifs is 1. The van der Waals surface area contributed by atoms with E-state index in [-0.39, 0.29) is 12.5 Å². The van der Waals surface area contributed by atoms with E-state index in [1.165, 1.54) is 4.90 Å². The van der Waals surface area contributed by atoms with Crippen LogP contribution in [0.3, 0.4) is 0 Å². The quantitative estimate of drug-likeness (QED) is 0.766. The van der Waals surface area contributed by atoms with Gasteiger partial charge in [-0.25, -0.2) is 0 Å². The summed E-state index contributed by atoms with van der Waals surface area (Å²) in [6.45, 7) is 1.41. The van der Waals surface area contributed by atoms with E-state index in [1.807, 2.05) is 0 Å². The third-order valence-corrected chi connectivity index (χ3v) is 4.43. The number of nitrogens with zero attached hydrogens (tertiary/aromatic N) is 2. The highest BCUT2D eigenvalue weighted by Gasteiger charge is 2.37. The Labute approximate surface area is 131 Å². The molecule has 110 valence electrons. The van der Waals surface area contributed by atoms with E-state index < -0.39 is 11.7 Å². The predicted octanol–water partition coefficient (Wildman–Crippen LogP) is 1.99. The second kappa shape index (κ2) is 5.60. The van der Waals surface area contributed by atoms with Crippen molar-refractivity contribution in [2.45, 2.75) is 19.3 Å². The summed E-state index contributed by atoms with van der Waals surface area (Å²) in [6.07, 6.45) is 3.14. The Morgan fingerprint density at radius 1 is 1.14 bits per heavy atom. The molecule has 0 atom stereocenters. The van der Waals surface area contributed by atoms with Gasteiger partial charge in [-0.05, 0) is 37.5 Å². The number of ketones is 1. The van der Waals surface area contributed by atoms with Crippen LogP contribution in [0.5, 0.6) is 0 Å². The van der Waals surface area contributed by atoms with E-state index in [0.29, 0.717) is 11.3 Å². The molecule has 2 aliphatic heterocycles. The molecule has 0 saturated carbocycles. The van der Waals surface area contributed by atoms with Crippen molar-refractivity contribution in [3.05, 3.63) is 28.2 Å². The van der Waals surface area contributed by atoms with E-state index in [9.17, 15) is 14.4 Å². The molecule has 6 heteroatoms. The number of carbonyl (C=O) groups excluding carboxylic acids is 3. The summed E-state index contributed by atoms with van der Waals surface area (Å²) in [5, 5.41) is 0. The molecule has 1 aromatic rings. The van der Waals surface area contributed by atoms with Crippen molar-refractivity contribution in [1.82, 2.24) is 4.90 Å². The molecule has 0 unspecified atom stereocenters. The zero-order valence-electron chi connectivity index (χ0n) is 11.5. The van der Waals surface area contributed by atoms with Crippen LogP contribution in [0, 0.1) is 0 Å². The Hall–Kier alpha value is -1.69. The molecule has 1 saturated heterocycles. The largest absolute Gasteiger partial charge is 0.341 e. The first-order valence-corrected chi connectivity index (χ1v) is 7.81. The van der Waals surface area contributed by atoms with E-state index in [0.717, 1.165) is 36.8 Å². The van der Waals surface area contributed by atoms with Crippen molar-refractivity contribution >= 4 is 39.2 Å². The standard InChI is InChI=1S/C15H15BrN2O3/c16-10-4-5-11-12(8-10)18(15(21)14(11)20)9-13(19)17-6-2-1-3-7-17/h4-5,8H,1-3,6-7,9H2. The van der Waals surface area contributed by atoms with Gasteiger partial charge < -0.3 is 4.90 Å². The first-order valence-electron chi connectivity index (χ1n) is 7.01. The van der Waals surface area contributed by atoms with Crippen LogP contribution >= 0.6 is 15.9 Å². The van der Waals surface area contributed by atoms with Gasteiger partial charge in [0, 0.05) is 17.6 Å². The minimum Gasteiger partial charge on any atom is -0.341 e. The molecule has 5 nitrogen and oxygen atoms in total. The van der Waals surface area contributed by atoms with Crippen molar-refractivity contribution in [3.8, 4) is 0 Å². The lowest BCUT2D eigenvalue weighted by Gasteiger charge is -2.28. The summed E-state index contributed by atoms with van der Waals surface area (Å²) in [4.78, 5) is 39.4. The summed E-state index contributed by atoms with van der Waals surface area (Å²) in [5.74, 6) is -1.25. The monoisotopic (exact) mass is 350 g/mol. The number of hydrogen-bond acceptors (Lipinski definition) is 3. The Morgan fingerprint density at radius 3 is 2.57 bits per heavy atom. The maximum atomic E-state index is 12.3. The number of halogens is 1. The molecule has 0 radical (unpaired) electrons. The lowest BCUT2D eigenvalue weighted by atomic mass is 10.1. The molecule has 1 aromatic carbocycles. The third kappa shape index (κ3) is 2.60. The molecule has 0 aliphatic carbocycles. The number of amides is 2. The fourth-order valence-electron chi connectivity index (χ4n) is 2.80. The van der Waals surface area contributed by atoms with Crippen molar-refractivity contribution in [3.63, 3.8) is 0 Å². The van der Waals surface area contributed by atoms with Crippen LogP contribution in [0.4, 0.5) is 5.69 Å². The average Bonchev–Trinajstić information content (AvgIpc) is 2.73. The molecular weight excluding hydrogens is 336 g/mol. The van der Waals surface area contributed by atoms with Gasteiger partial charge >= 0.3 is 0 Å². The van der Waals surface area contributed by atoms with Crippen LogP contribution in [0.15, 0.2) is 22.7 Å². The van der Waals surface area contributed by atoms with Gasteiger partial charge in [0.15, 0.2) is 0 Å². The van der Waals surface area contributed by atoms with Gasteiger partial charge in [0.05, 0.1) is 11.3 Å². The van der Waals surface area contributed by atoms with E-state index in [4.69, 9.17) is 0 Å². The second-order valence-corrected chi connectivity index (χ2v) is 6.24. The average molecular weight is 351 g/mol. The number of anilines is 1. The number of carbonyl (C=O) groups is 3. The molecule has 3 rings (SSSR count). The van der Waals surface area contributed by atoms with Crippen molar-refractivity contribution in [2.24, 2.45) is 0 Å².